The summed E-state index contributed by atoms with van der Waals surface area (Å²) in [4.78, 5) is 12.5. The molecule has 0 saturated carbocycles. The van der Waals surface area contributed by atoms with Crippen LogP contribution < -0.4 is 10.1 Å². The second kappa shape index (κ2) is 7.67. The first kappa shape index (κ1) is 16.8. The van der Waals surface area contributed by atoms with Crippen molar-refractivity contribution in [2.24, 2.45) is 0 Å². The van der Waals surface area contributed by atoms with Crippen LogP contribution in [-0.2, 0) is 11.2 Å². The van der Waals surface area contributed by atoms with Crippen LogP contribution in [0.4, 0.5) is 5.69 Å². The Balaban J connectivity index is 1.74. The molecular formula is C22H21NO2. The molecular weight excluding hydrogens is 310 g/mol. The van der Waals surface area contributed by atoms with E-state index in [1.807, 2.05) is 74.5 Å². The van der Waals surface area contributed by atoms with Crippen LogP contribution in [0.5, 0.6) is 11.5 Å². The van der Waals surface area contributed by atoms with E-state index in [2.05, 4.69) is 17.4 Å². The van der Waals surface area contributed by atoms with Gasteiger partial charge in [0.1, 0.15) is 5.75 Å². The smallest absolute Gasteiger partial charge is 0.228 e. The average Bonchev–Trinajstić information content (AvgIpc) is 2.61. The van der Waals surface area contributed by atoms with E-state index in [4.69, 9.17) is 4.74 Å². The molecule has 1 amide bonds. The topological polar surface area (TPSA) is 38.3 Å². The molecule has 3 nitrogen and oxygen atoms in total. The maximum atomic E-state index is 12.5. The number of ether oxygens (including phenoxy) is 1. The lowest BCUT2D eigenvalue weighted by Gasteiger charge is -2.13. The van der Waals surface area contributed by atoms with Gasteiger partial charge >= 0.3 is 0 Å². The van der Waals surface area contributed by atoms with Crippen LogP contribution in [0, 0.1) is 13.8 Å². The number of amides is 1. The van der Waals surface area contributed by atoms with E-state index in [9.17, 15) is 4.79 Å². The number of carbonyl (C=O) groups is 1. The molecule has 3 aromatic rings. The Hall–Kier alpha value is -3.07. The van der Waals surface area contributed by atoms with Gasteiger partial charge in [0.15, 0.2) is 5.75 Å². The second-order valence-corrected chi connectivity index (χ2v) is 6.07. The first-order valence-corrected chi connectivity index (χ1v) is 8.30. The minimum Gasteiger partial charge on any atom is -0.455 e. The molecule has 3 heteroatoms. The number of nitrogens with one attached hydrogen (secondary N) is 1. The zero-order valence-corrected chi connectivity index (χ0v) is 14.5. The van der Waals surface area contributed by atoms with Gasteiger partial charge in [-0.2, -0.15) is 0 Å². The van der Waals surface area contributed by atoms with Crippen LogP contribution in [0.1, 0.15) is 16.7 Å². The molecule has 0 heterocycles. The molecule has 25 heavy (non-hydrogen) atoms. The molecule has 0 fully saturated rings. The predicted molar refractivity (Wildman–Crippen MR) is 101 cm³/mol. The van der Waals surface area contributed by atoms with Crippen LogP contribution in [0.3, 0.4) is 0 Å². The molecule has 126 valence electrons. The molecule has 3 rings (SSSR count). The number of hydrogen-bond donors (Lipinski definition) is 1. The summed E-state index contributed by atoms with van der Waals surface area (Å²) in [6, 6.07) is 23.2. The highest BCUT2D eigenvalue weighted by molar-refractivity contribution is 5.93. The summed E-state index contributed by atoms with van der Waals surface area (Å²) >= 11 is 0. The van der Waals surface area contributed by atoms with Gasteiger partial charge in [-0.05, 0) is 49.2 Å². The molecule has 0 unspecified atom stereocenters. The van der Waals surface area contributed by atoms with Crippen molar-refractivity contribution < 1.29 is 9.53 Å². The van der Waals surface area contributed by atoms with Crippen molar-refractivity contribution in [1.82, 2.24) is 0 Å². The fourth-order valence-electron chi connectivity index (χ4n) is 2.63. The number of benzene rings is 3. The van der Waals surface area contributed by atoms with E-state index in [1.165, 1.54) is 0 Å². The van der Waals surface area contributed by atoms with Gasteiger partial charge in [-0.3, -0.25) is 4.79 Å². The summed E-state index contributed by atoms with van der Waals surface area (Å²) in [5.74, 6) is 1.31. The van der Waals surface area contributed by atoms with Crippen molar-refractivity contribution in [1.29, 1.82) is 0 Å². The molecule has 0 aliphatic rings. The minimum absolute atomic E-state index is 0.0576. The lowest BCUT2D eigenvalue weighted by atomic mass is 10.0. The summed E-state index contributed by atoms with van der Waals surface area (Å²) in [6.45, 7) is 4.05. The fraction of sp³-hybridized carbons (Fsp3) is 0.136. The van der Waals surface area contributed by atoms with Gasteiger partial charge in [0.2, 0.25) is 5.91 Å². The fourth-order valence-corrected chi connectivity index (χ4v) is 2.63. The highest BCUT2D eigenvalue weighted by Gasteiger charge is 2.10. The van der Waals surface area contributed by atoms with Crippen molar-refractivity contribution >= 4 is 11.6 Å². The molecule has 0 radical (unpaired) electrons. The third-order valence-corrected chi connectivity index (χ3v) is 3.99. The van der Waals surface area contributed by atoms with Crippen molar-refractivity contribution in [3.8, 4) is 11.5 Å². The van der Waals surface area contributed by atoms with Gasteiger partial charge in [-0.15, -0.1) is 0 Å². The van der Waals surface area contributed by atoms with Gasteiger partial charge in [0.25, 0.3) is 0 Å². The Morgan fingerprint density at radius 2 is 1.64 bits per heavy atom. The van der Waals surface area contributed by atoms with Crippen molar-refractivity contribution in [2.75, 3.05) is 5.32 Å². The molecule has 1 N–H and O–H groups in total. The van der Waals surface area contributed by atoms with Crippen molar-refractivity contribution in [2.45, 2.75) is 20.3 Å². The molecule has 0 saturated heterocycles. The average molecular weight is 331 g/mol. The van der Waals surface area contributed by atoms with Gasteiger partial charge in [-0.1, -0.05) is 54.1 Å². The molecule has 0 bridgehead atoms. The Labute approximate surface area is 148 Å². The number of carbonyl (C=O) groups excluding carboxylic acids is 1. The highest BCUT2D eigenvalue weighted by atomic mass is 16.5. The molecule has 0 aromatic heterocycles. The lowest BCUT2D eigenvalue weighted by Crippen LogP contribution is -2.15. The Morgan fingerprint density at radius 3 is 2.44 bits per heavy atom. The van der Waals surface area contributed by atoms with E-state index < -0.39 is 0 Å². The Bertz CT molecular complexity index is 872. The van der Waals surface area contributed by atoms with Gasteiger partial charge in [0, 0.05) is 0 Å². The van der Waals surface area contributed by atoms with Crippen LogP contribution in [0.25, 0.3) is 0 Å². The standard InChI is InChI=1S/C22H21NO2/c1-16-12-13-17(2)18(14-16)15-22(24)23-20-10-6-7-11-21(20)25-19-8-4-3-5-9-19/h3-14H,15H2,1-2H3,(H,23,24). The largest absolute Gasteiger partial charge is 0.455 e. The Kier molecular flexibility index (Phi) is 5.14. The van der Waals surface area contributed by atoms with Gasteiger partial charge in [-0.25, -0.2) is 0 Å². The zero-order valence-electron chi connectivity index (χ0n) is 14.5. The van der Waals surface area contributed by atoms with Gasteiger partial charge in [0.05, 0.1) is 12.1 Å². The van der Waals surface area contributed by atoms with E-state index in [1.54, 1.807) is 0 Å². The van der Waals surface area contributed by atoms with Crippen molar-refractivity contribution in [3.05, 3.63) is 89.5 Å². The summed E-state index contributed by atoms with van der Waals surface area (Å²) in [7, 11) is 0. The zero-order chi connectivity index (χ0) is 17.6. The van der Waals surface area contributed by atoms with Crippen LogP contribution in [-0.4, -0.2) is 5.91 Å². The number of aryl methyl sites for hydroxylation is 2. The maximum absolute atomic E-state index is 12.5. The van der Waals surface area contributed by atoms with Crippen LogP contribution in [0.2, 0.25) is 0 Å². The molecule has 0 spiro atoms. The number of hydrogen-bond acceptors (Lipinski definition) is 2. The molecule has 0 aliphatic heterocycles. The van der Waals surface area contributed by atoms with Crippen molar-refractivity contribution in [3.63, 3.8) is 0 Å². The van der Waals surface area contributed by atoms with E-state index in [-0.39, 0.29) is 5.91 Å². The molecule has 3 aromatic carbocycles. The van der Waals surface area contributed by atoms with Gasteiger partial charge < -0.3 is 10.1 Å². The number of rotatable bonds is 5. The summed E-state index contributed by atoms with van der Waals surface area (Å²) in [5.41, 5.74) is 3.98. The summed E-state index contributed by atoms with van der Waals surface area (Å²) in [6.07, 6.45) is 0.340. The third kappa shape index (κ3) is 4.48. The quantitative estimate of drug-likeness (QED) is 0.691. The SMILES string of the molecule is Cc1ccc(C)c(CC(=O)Nc2ccccc2Oc2ccccc2)c1. The van der Waals surface area contributed by atoms with E-state index >= 15 is 0 Å². The highest BCUT2D eigenvalue weighted by Crippen LogP contribution is 2.29. The van der Waals surface area contributed by atoms with Crippen LogP contribution in [0.15, 0.2) is 72.8 Å². The molecule has 0 atom stereocenters. The third-order valence-electron chi connectivity index (χ3n) is 3.99. The first-order valence-electron chi connectivity index (χ1n) is 8.30. The number of para-hydroxylation sites is 3. The molecule has 0 aliphatic carbocycles. The Morgan fingerprint density at radius 1 is 0.920 bits per heavy atom. The summed E-state index contributed by atoms with van der Waals surface area (Å²) in [5, 5.41) is 2.96. The maximum Gasteiger partial charge on any atom is 0.228 e. The minimum atomic E-state index is -0.0576. The number of anilines is 1. The van der Waals surface area contributed by atoms with E-state index in [0.29, 0.717) is 17.9 Å². The van der Waals surface area contributed by atoms with Crippen LogP contribution >= 0.6 is 0 Å². The normalized spacial score (nSPS) is 10.3. The first-order chi connectivity index (χ1) is 12.1. The summed E-state index contributed by atoms with van der Waals surface area (Å²) < 4.78 is 5.89. The monoisotopic (exact) mass is 331 g/mol. The predicted octanol–water partition coefficient (Wildman–Crippen LogP) is 5.28. The lowest BCUT2D eigenvalue weighted by molar-refractivity contribution is -0.115. The van der Waals surface area contributed by atoms with E-state index in [0.717, 1.165) is 22.4 Å². The second-order valence-electron chi connectivity index (χ2n) is 6.07.